The molecule has 1 aromatic rings. The number of rotatable bonds is 5. The average Bonchev–Trinajstić information content (AvgIpc) is 2.27. The van der Waals surface area contributed by atoms with Crippen LogP contribution in [0.25, 0.3) is 0 Å². The first-order valence-corrected chi connectivity index (χ1v) is 5.90. The zero-order chi connectivity index (χ0) is 12.8. The summed E-state index contributed by atoms with van der Waals surface area (Å²) in [6.45, 7) is 3.97. The number of halogens is 2. The first kappa shape index (κ1) is 14.0. The third-order valence-electron chi connectivity index (χ3n) is 2.22. The highest BCUT2D eigenvalue weighted by atomic mass is 35.5. The van der Waals surface area contributed by atoms with Crippen LogP contribution in [0.15, 0.2) is 29.3 Å². The normalized spacial score (nSPS) is 13.6. The van der Waals surface area contributed by atoms with Crippen molar-refractivity contribution in [1.82, 2.24) is 0 Å². The monoisotopic (exact) mass is 257 g/mol. The summed E-state index contributed by atoms with van der Waals surface area (Å²) >= 11 is 5.53. The molecular weight excluding hydrogens is 241 g/mol. The minimum absolute atomic E-state index is 0.0381. The number of ether oxygens (including phenoxy) is 1. The molecule has 4 heteroatoms. The molecule has 0 aromatic heterocycles. The van der Waals surface area contributed by atoms with Gasteiger partial charge in [0.25, 0.3) is 0 Å². The molecule has 0 spiro atoms. The van der Waals surface area contributed by atoms with Crippen LogP contribution in [-0.2, 0) is 6.42 Å². The summed E-state index contributed by atoms with van der Waals surface area (Å²) in [5.74, 6) is -0.104. The van der Waals surface area contributed by atoms with Crippen molar-refractivity contribution in [2.75, 3.05) is 6.61 Å². The van der Waals surface area contributed by atoms with Crippen molar-refractivity contribution in [3.63, 3.8) is 0 Å². The largest absolute Gasteiger partial charge is 0.486 e. The first-order valence-electron chi connectivity index (χ1n) is 5.46. The van der Waals surface area contributed by atoms with Crippen molar-refractivity contribution in [1.29, 1.82) is 0 Å². The van der Waals surface area contributed by atoms with E-state index in [1.54, 1.807) is 6.07 Å². The Labute approximate surface area is 106 Å². The van der Waals surface area contributed by atoms with Gasteiger partial charge in [0, 0.05) is 11.6 Å². The lowest BCUT2D eigenvalue weighted by atomic mass is 10.1. The molecule has 0 saturated heterocycles. The highest BCUT2D eigenvalue weighted by Crippen LogP contribution is 2.24. The van der Waals surface area contributed by atoms with E-state index < -0.39 is 0 Å². The number of nitrogens with two attached hydrogens (primary N) is 1. The second kappa shape index (κ2) is 6.62. The first-order chi connectivity index (χ1) is 8.04. The highest BCUT2D eigenvalue weighted by molar-refractivity contribution is 6.25. The standard InChI is InChI=1S/C13H17ClFNO/c1-9(7-14)8-17-13-11(6-10(2)16)4-3-5-12(13)15/h3-5,7,10H,6,8,16H2,1-2H3/b9-7+. The lowest BCUT2D eigenvalue weighted by Gasteiger charge is -2.13. The number of hydrogen-bond acceptors (Lipinski definition) is 2. The van der Waals surface area contributed by atoms with Gasteiger partial charge in [-0.25, -0.2) is 4.39 Å². The van der Waals surface area contributed by atoms with Gasteiger partial charge in [-0.15, -0.1) is 0 Å². The third-order valence-corrected chi connectivity index (χ3v) is 2.59. The van der Waals surface area contributed by atoms with Crippen LogP contribution in [0.3, 0.4) is 0 Å². The van der Waals surface area contributed by atoms with Gasteiger partial charge in [-0.1, -0.05) is 23.7 Å². The van der Waals surface area contributed by atoms with Gasteiger partial charge in [0.1, 0.15) is 6.61 Å². The molecule has 0 aliphatic heterocycles. The maximum absolute atomic E-state index is 13.6. The molecule has 94 valence electrons. The summed E-state index contributed by atoms with van der Waals surface area (Å²) in [6.07, 6.45) is 0.580. The maximum atomic E-state index is 13.6. The third kappa shape index (κ3) is 4.36. The molecule has 0 amide bonds. The Bertz CT molecular complexity index is 404. The molecule has 2 nitrogen and oxygen atoms in total. The molecule has 2 N–H and O–H groups in total. The van der Waals surface area contributed by atoms with Crippen LogP contribution in [0, 0.1) is 5.82 Å². The van der Waals surface area contributed by atoms with E-state index in [0.29, 0.717) is 6.42 Å². The van der Waals surface area contributed by atoms with E-state index in [0.717, 1.165) is 11.1 Å². The van der Waals surface area contributed by atoms with Gasteiger partial charge in [-0.2, -0.15) is 0 Å². The van der Waals surface area contributed by atoms with Crippen LogP contribution in [0.5, 0.6) is 5.75 Å². The topological polar surface area (TPSA) is 35.2 Å². The molecule has 0 bridgehead atoms. The average molecular weight is 258 g/mol. The quantitative estimate of drug-likeness (QED) is 0.879. The predicted molar refractivity (Wildman–Crippen MR) is 68.9 cm³/mol. The predicted octanol–water partition coefficient (Wildman–Crippen LogP) is 3.24. The fraction of sp³-hybridized carbons (Fsp3) is 0.385. The lowest BCUT2D eigenvalue weighted by Crippen LogP contribution is -2.18. The van der Waals surface area contributed by atoms with Gasteiger partial charge in [0.15, 0.2) is 11.6 Å². The summed E-state index contributed by atoms with van der Waals surface area (Å²) in [4.78, 5) is 0. The van der Waals surface area contributed by atoms with Gasteiger partial charge in [-0.3, -0.25) is 0 Å². The van der Waals surface area contributed by atoms with Crippen molar-refractivity contribution in [3.05, 3.63) is 40.7 Å². The molecular formula is C13H17ClFNO. The van der Waals surface area contributed by atoms with E-state index in [9.17, 15) is 4.39 Å². The van der Waals surface area contributed by atoms with Crippen LogP contribution in [0.4, 0.5) is 4.39 Å². The smallest absolute Gasteiger partial charge is 0.165 e. The van der Waals surface area contributed by atoms with Crippen LogP contribution in [-0.4, -0.2) is 12.6 Å². The molecule has 1 unspecified atom stereocenters. The Hall–Kier alpha value is -1.06. The van der Waals surface area contributed by atoms with Crippen molar-refractivity contribution in [3.8, 4) is 5.75 Å². The Kier molecular flexibility index (Phi) is 5.45. The molecule has 1 aromatic carbocycles. The molecule has 1 rings (SSSR count). The van der Waals surface area contributed by atoms with Crippen molar-refractivity contribution in [2.24, 2.45) is 5.73 Å². The zero-order valence-electron chi connectivity index (χ0n) is 10.0. The fourth-order valence-electron chi connectivity index (χ4n) is 1.44. The summed E-state index contributed by atoms with van der Waals surface area (Å²) in [6, 6.07) is 4.81. The molecule has 0 fully saturated rings. The SMILES string of the molecule is C/C(=C\Cl)COc1c(F)cccc1CC(C)N. The molecule has 17 heavy (non-hydrogen) atoms. The molecule has 0 heterocycles. The molecule has 0 aliphatic carbocycles. The lowest BCUT2D eigenvalue weighted by molar-refractivity contribution is 0.328. The molecule has 0 saturated carbocycles. The van der Waals surface area contributed by atoms with Gasteiger partial charge >= 0.3 is 0 Å². The van der Waals surface area contributed by atoms with Crippen molar-refractivity contribution >= 4 is 11.6 Å². The van der Waals surface area contributed by atoms with E-state index in [1.807, 2.05) is 19.9 Å². The summed E-state index contributed by atoms with van der Waals surface area (Å²) in [5.41, 5.74) is 8.75. The number of benzene rings is 1. The van der Waals surface area contributed by atoms with Crippen LogP contribution >= 0.6 is 11.6 Å². The Balaban J connectivity index is 2.87. The van der Waals surface area contributed by atoms with Gasteiger partial charge in [-0.05, 0) is 37.5 Å². The minimum atomic E-state index is -0.370. The van der Waals surface area contributed by atoms with Crippen molar-refractivity contribution < 1.29 is 9.13 Å². The molecule has 0 radical (unpaired) electrons. The Morgan fingerprint density at radius 3 is 2.88 bits per heavy atom. The Morgan fingerprint density at radius 2 is 2.29 bits per heavy atom. The van der Waals surface area contributed by atoms with Crippen LogP contribution in [0.2, 0.25) is 0 Å². The van der Waals surface area contributed by atoms with E-state index in [1.165, 1.54) is 11.6 Å². The van der Waals surface area contributed by atoms with Crippen LogP contribution in [0.1, 0.15) is 19.4 Å². The zero-order valence-corrected chi connectivity index (χ0v) is 10.8. The van der Waals surface area contributed by atoms with Gasteiger partial charge in [0.05, 0.1) is 0 Å². The van der Waals surface area contributed by atoms with Gasteiger partial charge in [0.2, 0.25) is 0 Å². The van der Waals surface area contributed by atoms with Gasteiger partial charge < -0.3 is 10.5 Å². The van der Waals surface area contributed by atoms with Crippen LogP contribution < -0.4 is 10.5 Å². The molecule has 0 aliphatic rings. The summed E-state index contributed by atoms with van der Waals surface area (Å²) < 4.78 is 19.1. The number of hydrogen-bond donors (Lipinski definition) is 1. The maximum Gasteiger partial charge on any atom is 0.165 e. The second-order valence-corrected chi connectivity index (χ2v) is 4.37. The second-order valence-electron chi connectivity index (χ2n) is 4.15. The highest BCUT2D eigenvalue weighted by Gasteiger charge is 2.11. The van der Waals surface area contributed by atoms with E-state index in [2.05, 4.69) is 0 Å². The molecule has 1 atom stereocenters. The van der Waals surface area contributed by atoms with E-state index in [4.69, 9.17) is 22.1 Å². The Morgan fingerprint density at radius 1 is 1.59 bits per heavy atom. The number of para-hydroxylation sites is 1. The fourth-order valence-corrected chi connectivity index (χ4v) is 1.50. The van der Waals surface area contributed by atoms with E-state index >= 15 is 0 Å². The van der Waals surface area contributed by atoms with E-state index in [-0.39, 0.29) is 24.2 Å². The minimum Gasteiger partial charge on any atom is -0.486 e. The summed E-state index contributed by atoms with van der Waals surface area (Å²) in [5, 5.41) is 0. The summed E-state index contributed by atoms with van der Waals surface area (Å²) in [7, 11) is 0. The van der Waals surface area contributed by atoms with Crippen molar-refractivity contribution in [2.45, 2.75) is 26.3 Å².